The number of aromatic hydroxyl groups is 2. The van der Waals surface area contributed by atoms with Crippen molar-refractivity contribution in [2.75, 3.05) is 14.2 Å². The number of methoxy groups -OCH3 is 2. The maximum atomic E-state index is 12.5. The highest BCUT2D eigenvalue weighted by molar-refractivity contribution is 6.28. The van der Waals surface area contributed by atoms with E-state index in [0.717, 1.165) is 11.1 Å². The number of hydrogen-bond acceptors (Lipinski definition) is 6. The largest absolute Gasteiger partial charge is 0.497 e. The molecule has 0 radical (unpaired) electrons. The van der Waals surface area contributed by atoms with Gasteiger partial charge in [0.05, 0.1) is 19.8 Å². The number of benzene rings is 3. The summed E-state index contributed by atoms with van der Waals surface area (Å²) in [4.78, 5) is 16.5. The molecule has 0 atom stereocenters. The fourth-order valence-electron chi connectivity index (χ4n) is 3.61. The van der Waals surface area contributed by atoms with Crippen LogP contribution in [0.15, 0.2) is 84.9 Å². The van der Waals surface area contributed by atoms with Gasteiger partial charge in [0.1, 0.15) is 16.4 Å². The minimum Gasteiger partial charge on any atom is -0.497 e. The van der Waals surface area contributed by atoms with E-state index in [1.165, 1.54) is 12.1 Å². The molecule has 1 aromatic heterocycles. The first-order valence-electron chi connectivity index (χ1n) is 10.3. The number of rotatable bonds is 7. The van der Waals surface area contributed by atoms with E-state index in [0.29, 0.717) is 21.8 Å². The van der Waals surface area contributed by atoms with Gasteiger partial charge >= 0.3 is 5.97 Å². The molecule has 0 spiro atoms. The summed E-state index contributed by atoms with van der Waals surface area (Å²) in [7, 11) is 3.19. The summed E-state index contributed by atoms with van der Waals surface area (Å²) >= 11 is 7.33. The summed E-state index contributed by atoms with van der Waals surface area (Å²) < 4.78 is 11.2. The number of carbonyl (C=O) groups is 1. The van der Waals surface area contributed by atoms with Crippen LogP contribution in [0.4, 0.5) is 0 Å². The van der Waals surface area contributed by atoms with Gasteiger partial charge in [-0.3, -0.25) is 0 Å². The lowest BCUT2D eigenvalue weighted by molar-refractivity contribution is 0.0381. The second kappa shape index (κ2) is 9.41. The molecule has 0 unspecified atom stereocenters. The Kier molecular flexibility index (Phi) is 6.38. The Labute approximate surface area is 201 Å². The zero-order valence-corrected chi connectivity index (χ0v) is 19.2. The van der Waals surface area contributed by atoms with Crippen molar-refractivity contribution in [3.8, 4) is 23.3 Å². The van der Waals surface area contributed by atoms with Gasteiger partial charge in [-0.1, -0.05) is 36.4 Å². The molecule has 3 aromatic carbocycles. The molecule has 0 fully saturated rings. The molecular formula is C26H22ClNO6. The number of ether oxygens (including phenoxy) is 2. The smallest absolute Gasteiger partial charge is 0.363 e. The van der Waals surface area contributed by atoms with Crippen LogP contribution in [0.1, 0.15) is 27.0 Å². The van der Waals surface area contributed by atoms with E-state index in [1.54, 1.807) is 38.5 Å². The monoisotopic (exact) mass is 479 g/mol. The molecule has 0 aliphatic rings. The normalized spacial score (nSPS) is 11.1. The van der Waals surface area contributed by atoms with E-state index < -0.39 is 22.6 Å². The van der Waals surface area contributed by atoms with Crippen LogP contribution in [0.5, 0.6) is 23.3 Å². The Morgan fingerprint density at radius 3 is 1.47 bits per heavy atom. The summed E-state index contributed by atoms with van der Waals surface area (Å²) in [6, 6.07) is 23.9. The molecule has 4 aromatic rings. The summed E-state index contributed by atoms with van der Waals surface area (Å²) in [5.74, 6) is -0.163. The standard InChI is InChI=1S/C26H22ClNO6/c1-32-21-11-7-19(8-12-21)26(27,20-9-13-22(33-2)14-10-20)18-5-3-17(4-6-18)25(31)34-28-23(29)15-16-24(28)30/h3-16,29-30H,1-2H3. The fraction of sp³-hybridized carbons (Fsp3) is 0.115. The van der Waals surface area contributed by atoms with Crippen LogP contribution in [0.25, 0.3) is 0 Å². The van der Waals surface area contributed by atoms with Crippen molar-refractivity contribution in [1.29, 1.82) is 0 Å². The molecule has 0 bridgehead atoms. The lowest BCUT2D eigenvalue weighted by atomic mass is 9.83. The highest BCUT2D eigenvalue weighted by Gasteiger charge is 2.34. The van der Waals surface area contributed by atoms with Crippen LogP contribution < -0.4 is 14.3 Å². The third-order valence-corrected chi connectivity index (χ3v) is 6.12. The third kappa shape index (κ3) is 4.25. The molecule has 1 heterocycles. The second-order valence-electron chi connectivity index (χ2n) is 7.42. The van der Waals surface area contributed by atoms with E-state index in [4.69, 9.17) is 25.9 Å². The quantitative estimate of drug-likeness (QED) is 0.294. The molecule has 174 valence electrons. The summed E-state index contributed by atoms with van der Waals surface area (Å²) in [6.07, 6.45) is 0. The van der Waals surface area contributed by atoms with Crippen molar-refractivity contribution < 1.29 is 29.3 Å². The zero-order chi connectivity index (χ0) is 24.3. The molecule has 0 saturated heterocycles. The highest BCUT2D eigenvalue weighted by atomic mass is 35.5. The molecule has 7 nitrogen and oxygen atoms in total. The summed E-state index contributed by atoms with van der Waals surface area (Å²) in [5.41, 5.74) is 2.53. The predicted octanol–water partition coefficient (Wildman–Crippen LogP) is 4.72. The van der Waals surface area contributed by atoms with Gasteiger partial charge in [-0.25, -0.2) is 4.79 Å². The van der Waals surface area contributed by atoms with Gasteiger partial charge in [0.15, 0.2) is 0 Å². The topological polar surface area (TPSA) is 90.2 Å². The number of nitrogens with zero attached hydrogens (tertiary/aromatic N) is 1. The second-order valence-corrected chi connectivity index (χ2v) is 7.98. The van der Waals surface area contributed by atoms with Crippen LogP contribution in [0.2, 0.25) is 0 Å². The first kappa shape index (κ1) is 23.1. The Morgan fingerprint density at radius 2 is 1.09 bits per heavy atom. The third-order valence-electron chi connectivity index (χ3n) is 5.47. The van der Waals surface area contributed by atoms with Gasteiger partial charge in [0, 0.05) is 12.1 Å². The van der Waals surface area contributed by atoms with Crippen molar-refractivity contribution in [3.05, 3.63) is 107 Å². The molecular weight excluding hydrogens is 458 g/mol. The lowest BCUT2D eigenvalue weighted by Crippen LogP contribution is -2.23. The van der Waals surface area contributed by atoms with Crippen molar-refractivity contribution in [2.24, 2.45) is 0 Å². The Balaban J connectivity index is 1.71. The lowest BCUT2D eigenvalue weighted by Gasteiger charge is -2.29. The molecule has 0 amide bonds. The van der Waals surface area contributed by atoms with Crippen molar-refractivity contribution in [2.45, 2.75) is 4.87 Å². The minimum absolute atomic E-state index is 0.208. The first-order chi connectivity index (χ1) is 16.4. The first-order valence-corrected chi connectivity index (χ1v) is 10.7. The molecule has 34 heavy (non-hydrogen) atoms. The SMILES string of the molecule is COc1ccc(C(Cl)(c2ccc(OC)cc2)c2ccc(C(=O)On3c(O)ccc3O)cc2)cc1. The Hall–Kier alpha value is -4.10. The van der Waals surface area contributed by atoms with Crippen LogP contribution in [-0.4, -0.2) is 35.1 Å². The average Bonchev–Trinajstić information content (AvgIpc) is 3.20. The minimum atomic E-state index is -1.07. The van der Waals surface area contributed by atoms with E-state index >= 15 is 0 Å². The fourth-order valence-corrected chi connectivity index (χ4v) is 3.99. The van der Waals surface area contributed by atoms with E-state index in [9.17, 15) is 15.0 Å². The Morgan fingerprint density at radius 1 is 0.706 bits per heavy atom. The van der Waals surface area contributed by atoms with E-state index in [1.807, 2.05) is 48.5 Å². The van der Waals surface area contributed by atoms with E-state index in [2.05, 4.69) is 0 Å². The van der Waals surface area contributed by atoms with Gasteiger partial charge in [0.25, 0.3) is 0 Å². The van der Waals surface area contributed by atoms with Crippen LogP contribution in [0.3, 0.4) is 0 Å². The number of carbonyl (C=O) groups excluding carboxylic acids is 1. The maximum absolute atomic E-state index is 12.5. The van der Waals surface area contributed by atoms with E-state index in [-0.39, 0.29) is 5.56 Å². The molecule has 0 saturated carbocycles. The van der Waals surface area contributed by atoms with Crippen LogP contribution >= 0.6 is 11.6 Å². The zero-order valence-electron chi connectivity index (χ0n) is 18.4. The van der Waals surface area contributed by atoms with Crippen molar-refractivity contribution >= 4 is 17.6 Å². The number of alkyl halides is 1. The molecule has 0 aliphatic carbocycles. The van der Waals surface area contributed by atoms with Gasteiger partial charge in [0.2, 0.25) is 11.8 Å². The summed E-state index contributed by atoms with van der Waals surface area (Å²) in [5, 5.41) is 19.4. The van der Waals surface area contributed by atoms with Crippen molar-refractivity contribution in [1.82, 2.24) is 4.73 Å². The molecule has 4 rings (SSSR count). The average molecular weight is 480 g/mol. The molecule has 2 N–H and O–H groups in total. The van der Waals surface area contributed by atoms with Crippen molar-refractivity contribution in [3.63, 3.8) is 0 Å². The number of aromatic nitrogens is 1. The predicted molar refractivity (Wildman–Crippen MR) is 127 cm³/mol. The number of hydrogen-bond donors (Lipinski definition) is 2. The van der Waals surface area contributed by atoms with Gasteiger partial charge < -0.3 is 24.5 Å². The maximum Gasteiger partial charge on any atom is 0.363 e. The van der Waals surface area contributed by atoms with Gasteiger partial charge in [-0.05, 0) is 53.1 Å². The summed E-state index contributed by atoms with van der Waals surface area (Å²) in [6.45, 7) is 0. The van der Waals surface area contributed by atoms with Crippen LogP contribution in [-0.2, 0) is 4.87 Å². The van der Waals surface area contributed by atoms with Gasteiger partial charge in [-0.2, -0.15) is 0 Å². The molecule has 0 aliphatic heterocycles. The number of halogens is 1. The molecule has 8 heteroatoms. The highest BCUT2D eigenvalue weighted by Crippen LogP contribution is 2.44. The van der Waals surface area contributed by atoms with Gasteiger partial charge in [-0.15, -0.1) is 16.3 Å². The van der Waals surface area contributed by atoms with Crippen LogP contribution in [0, 0.1) is 0 Å². The Bertz CT molecular complexity index is 1210.